The minimum atomic E-state index is 0.0606. The van der Waals surface area contributed by atoms with Gasteiger partial charge in [-0.25, -0.2) is 0 Å². The van der Waals surface area contributed by atoms with E-state index in [1.807, 2.05) is 12.1 Å². The second-order valence-corrected chi connectivity index (χ2v) is 5.36. The van der Waals surface area contributed by atoms with E-state index in [4.69, 9.17) is 16.3 Å². The molecule has 0 spiro atoms. The lowest BCUT2D eigenvalue weighted by Gasteiger charge is -2.08. The lowest BCUT2D eigenvalue weighted by atomic mass is 10.3. The highest BCUT2D eigenvalue weighted by Crippen LogP contribution is 2.28. The summed E-state index contributed by atoms with van der Waals surface area (Å²) in [5.74, 6) is 0.690. The number of phenolic OH excluding ortho intramolecular Hbond substituents is 1. The van der Waals surface area contributed by atoms with Crippen molar-refractivity contribution in [2.45, 2.75) is 19.8 Å². The molecular formula is C16H16ClN3O2. The van der Waals surface area contributed by atoms with Crippen LogP contribution in [0.25, 0.3) is 16.7 Å². The van der Waals surface area contributed by atoms with Crippen LogP contribution in [0.4, 0.5) is 0 Å². The highest BCUT2D eigenvalue weighted by Gasteiger charge is 2.11. The first-order valence-electron chi connectivity index (χ1n) is 7.17. The molecule has 0 aliphatic rings. The monoisotopic (exact) mass is 317 g/mol. The average molecular weight is 318 g/mol. The molecule has 22 heavy (non-hydrogen) atoms. The molecule has 0 saturated heterocycles. The maximum atomic E-state index is 10.2. The molecule has 1 aromatic heterocycles. The van der Waals surface area contributed by atoms with Crippen molar-refractivity contribution in [3.8, 4) is 17.2 Å². The molecule has 0 saturated carbocycles. The summed E-state index contributed by atoms with van der Waals surface area (Å²) in [5, 5.41) is 19.4. The van der Waals surface area contributed by atoms with Gasteiger partial charge in [-0.05, 0) is 30.7 Å². The summed E-state index contributed by atoms with van der Waals surface area (Å²) in [4.78, 5) is 1.38. The van der Waals surface area contributed by atoms with Crippen molar-refractivity contribution in [2.24, 2.45) is 0 Å². The molecule has 0 bridgehead atoms. The highest BCUT2D eigenvalue weighted by atomic mass is 35.5. The Morgan fingerprint density at radius 3 is 2.82 bits per heavy atom. The molecule has 3 aromatic rings. The van der Waals surface area contributed by atoms with Gasteiger partial charge in [0.25, 0.3) is 0 Å². The van der Waals surface area contributed by atoms with E-state index in [1.54, 1.807) is 24.3 Å². The maximum Gasteiger partial charge on any atom is 0.146 e. The zero-order chi connectivity index (χ0) is 15.5. The summed E-state index contributed by atoms with van der Waals surface area (Å²) < 4.78 is 5.56. The van der Waals surface area contributed by atoms with E-state index in [2.05, 4.69) is 17.1 Å². The molecule has 6 heteroatoms. The molecule has 0 unspecified atom stereocenters. The van der Waals surface area contributed by atoms with Crippen LogP contribution in [0.1, 0.15) is 19.8 Å². The van der Waals surface area contributed by atoms with Gasteiger partial charge < -0.3 is 9.84 Å². The van der Waals surface area contributed by atoms with Crippen LogP contribution in [0.5, 0.6) is 11.5 Å². The van der Waals surface area contributed by atoms with Gasteiger partial charge in [0.05, 0.1) is 11.6 Å². The first-order valence-corrected chi connectivity index (χ1v) is 7.54. The van der Waals surface area contributed by atoms with Gasteiger partial charge >= 0.3 is 0 Å². The first-order chi connectivity index (χ1) is 10.7. The first kappa shape index (κ1) is 14.7. The van der Waals surface area contributed by atoms with Crippen molar-refractivity contribution in [2.75, 3.05) is 6.61 Å². The van der Waals surface area contributed by atoms with Crippen LogP contribution >= 0.6 is 11.6 Å². The van der Waals surface area contributed by atoms with E-state index in [0.717, 1.165) is 12.8 Å². The van der Waals surface area contributed by atoms with Crippen molar-refractivity contribution in [1.29, 1.82) is 0 Å². The molecule has 0 fully saturated rings. The summed E-state index contributed by atoms with van der Waals surface area (Å²) >= 11 is 6.10. The third-order valence-corrected chi connectivity index (χ3v) is 3.60. The Labute approximate surface area is 133 Å². The Bertz CT molecular complexity index is 801. The second-order valence-electron chi connectivity index (χ2n) is 4.95. The third-order valence-electron chi connectivity index (χ3n) is 3.29. The Kier molecular flexibility index (Phi) is 4.15. The van der Waals surface area contributed by atoms with Gasteiger partial charge in [0, 0.05) is 6.07 Å². The zero-order valence-corrected chi connectivity index (χ0v) is 12.9. The largest absolute Gasteiger partial charge is 0.505 e. The number of aromatic nitrogens is 3. The van der Waals surface area contributed by atoms with Crippen molar-refractivity contribution in [3.63, 3.8) is 0 Å². The highest BCUT2D eigenvalue weighted by molar-refractivity contribution is 6.34. The normalized spacial score (nSPS) is 11.0. The van der Waals surface area contributed by atoms with Gasteiger partial charge in [-0.15, -0.1) is 15.0 Å². The standard InChI is InChI=1S/C16H16ClN3O2/c1-2-3-9-22-11-7-8-14(15(21)10-11)20-18-13-6-4-5-12(17)16(13)19-20/h4-8,10,21H,2-3,9H2,1H3. The number of phenols is 1. The molecule has 0 aliphatic heterocycles. The predicted molar refractivity (Wildman–Crippen MR) is 85.9 cm³/mol. The Hall–Kier alpha value is -2.27. The summed E-state index contributed by atoms with van der Waals surface area (Å²) in [6.07, 6.45) is 2.04. The van der Waals surface area contributed by atoms with Crippen LogP contribution in [0, 0.1) is 0 Å². The van der Waals surface area contributed by atoms with Crippen LogP contribution in [0.15, 0.2) is 36.4 Å². The number of hydrogen-bond acceptors (Lipinski definition) is 4. The fourth-order valence-electron chi connectivity index (χ4n) is 2.11. The van der Waals surface area contributed by atoms with Crippen LogP contribution in [0.3, 0.4) is 0 Å². The van der Waals surface area contributed by atoms with Crippen LogP contribution < -0.4 is 4.74 Å². The molecule has 5 nitrogen and oxygen atoms in total. The summed E-state index contributed by atoms with van der Waals surface area (Å²) in [6.45, 7) is 2.73. The minimum Gasteiger partial charge on any atom is -0.505 e. The lowest BCUT2D eigenvalue weighted by molar-refractivity contribution is 0.307. The van der Waals surface area contributed by atoms with Gasteiger partial charge in [0.1, 0.15) is 28.2 Å². The number of hydrogen-bond donors (Lipinski definition) is 1. The summed E-state index contributed by atoms with van der Waals surface area (Å²) in [5.41, 5.74) is 1.76. The summed E-state index contributed by atoms with van der Waals surface area (Å²) in [6, 6.07) is 10.5. The number of ether oxygens (including phenoxy) is 1. The van der Waals surface area contributed by atoms with Crippen molar-refractivity contribution in [1.82, 2.24) is 15.0 Å². The van der Waals surface area contributed by atoms with Gasteiger partial charge in [0.15, 0.2) is 0 Å². The molecule has 2 aromatic carbocycles. The quantitative estimate of drug-likeness (QED) is 0.724. The van der Waals surface area contributed by atoms with Crippen LogP contribution in [-0.2, 0) is 0 Å². The SMILES string of the molecule is CCCCOc1ccc(-n2nc3cccc(Cl)c3n2)c(O)c1. The number of nitrogens with zero attached hydrogens (tertiary/aromatic N) is 3. The fourth-order valence-corrected chi connectivity index (χ4v) is 2.31. The summed E-state index contributed by atoms with van der Waals surface area (Å²) in [7, 11) is 0. The number of aromatic hydroxyl groups is 1. The molecule has 3 rings (SSSR count). The van der Waals surface area contributed by atoms with Crippen LogP contribution in [0.2, 0.25) is 5.02 Å². The van der Waals surface area contributed by atoms with Crippen molar-refractivity contribution >= 4 is 22.6 Å². The Balaban J connectivity index is 1.91. The molecule has 1 heterocycles. The maximum absolute atomic E-state index is 10.2. The van der Waals surface area contributed by atoms with Crippen molar-refractivity contribution in [3.05, 3.63) is 41.4 Å². The molecular weight excluding hydrogens is 302 g/mol. The number of unbranched alkanes of at least 4 members (excludes halogenated alkanes) is 1. The molecule has 0 aliphatic carbocycles. The number of halogens is 1. The molecule has 114 valence electrons. The number of rotatable bonds is 5. The van der Waals surface area contributed by atoms with E-state index in [-0.39, 0.29) is 5.75 Å². The molecule has 0 radical (unpaired) electrons. The topological polar surface area (TPSA) is 60.2 Å². The Morgan fingerprint density at radius 2 is 2.09 bits per heavy atom. The average Bonchev–Trinajstić information content (AvgIpc) is 2.93. The smallest absolute Gasteiger partial charge is 0.146 e. The predicted octanol–water partition coefficient (Wildman–Crippen LogP) is 3.96. The number of benzene rings is 2. The molecule has 0 atom stereocenters. The van der Waals surface area contributed by atoms with Gasteiger partial charge in [-0.1, -0.05) is 31.0 Å². The zero-order valence-electron chi connectivity index (χ0n) is 12.2. The van der Waals surface area contributed by atoms with Gasteiger partial charge in [0.2, 0.25) is 0 Å². The second kappa shape index (κ2) is 6.23. The minimum absolute atomic E-state index is 0.0606. The van der Waals surface area contributed by atoms with E-state index in [0.29, 0.717) is 34.1 Å². The van der Waals surface area contributed by atoms with E-state index >= 15 is 0 Å². The third kappa shape index (κ3) is 2.85. The van der Waals surface area contributed by atoms with E-state index < -0.39 is 0 Å². The number of fused-ring (bicyclic) bond motifs is 1. The molecule has 0 amide bonds. The van der Waals surface area contributed by atoms with Gasteiger partial charge in [-0.3, -0.25) is 0 Å². The van der Waals surface area contributed by atoms with Crippen LogP contribution in [-0.4, -0.2) is 26.7 Å². The van der Waals surface area contributed by atoms with E-state index in [9.17, 15) is 5.11 Å². The molecule has 1 N–H and O–H groups in total. The Morgan fingerprint density at radius 1 is 1.23 bits per heavy atom. The van der Waals surface area contributed by atoms with E-state index in [1.165, 1.54) is 4.80 Å². The lowest BCUT2D eigenvalue weighted by Crippen LogP contribution is -2.00. The van der Waals surface area contributed by atoms with Gasteiger partial charge in [-0.2, -0.15) is 0 Å². The van der Waals surface area contributed by atoms with Crippen molar-refractivity contribution < 1.29 is 9.84 Å². The fraction of sp³-hybridized carbons (Fsp3) is 0.250.